The third-order valence-corrected chi connectivity index (χ3v) is 4.17. The van der Waals surface area contributed by atoms with Crippen molar-refractivity contribution in [3.05, 3.63) is 58.1 Å². The predicted molar refractivity (Wildman–Crippen MR) is 113 cm³/mol. The maximum Gasteiger partial charge on any atom is 0.240 e. The van der Waals surface area contributed by atoms with Crippen LogP contribution in [0.3, 0.4) is 0 Å². The molecule has 144 valence electrons. The number of halogens is 1. The number of hydrogen-bond acceptors (Lipinski definition) is 4. The summed E-state index contributed by atoms with van der Waals surface area (Å²) in [7, 11) is 0. The molecule has 7 heteroatoms. The Morgan fingerprint density at radius 3 is 2.71 bits per heavy atom. The van der Waals surface area contributed by atoms with Gasteiger partial charge in [-0.05, 0) is 36.8 Å². The molecule has 2 aromatic rings. The summed E-state index contributed by atoms with van der Waals surface area (Å²) in [4.78, 5) is 23.9. The van der Waals surface area contributed by atoms with Crippen molar-refractivity contribution in [2.24, 2.45) is 5.10 Å². The molecule has 28 heavy (non-hydrogen) atoms. The number of hydrazone groups is 1. The molecule has 0 saturated heterocycles. The van der Waals surface area contributed by atoms with Crippen LogP contribution in [0.1, 0.15) is 24.0 Å². The molecule has 0 fully saturated rings. The molecule has 0 bridgehead atoms. The van der Waals surface area contributed by atoms with Crippen LogP contribution in [0.4, 0.5) is 5.69 Å². The van der Waals surface area contributed by atoms with Gasteiger partial charge in [-0.15, -0.1) is 6.42 Å². The van der Waals surface area contributed by atoms with Gasteiger partial charge in [0, 0.05) is 28.6 Å². The van der Waals surface area contributed by atoms with Gasteiger partial charge in [-0.25, -0.2) is 5.43 Å². The van der Waals surface area contributed by atoms with Gasteiger partial charge in [0.25, 0.3) is 0 Å². The molecule has 0 radical (unpaired) electrons. The number of benzene rings is 2. The average molecular weight is 442 g/mol. The smallest absolute Gasteiger partial charge is 0.240 e. The number of ether oxygens (including phenoxy) is 1. The van der Waals surface area contributed by atoms with Crippen molar-refractivity contribution in [2.45, 2.75) is 19.8 Å². The summed E-state index contributed by atoms with van der Waals surface area (Å²) in [6, 6.07) is 12.8. The van der Waals surface area contributed by atoms with Crippen molar-refractivity contribution in [1.29, 1.82) is 0 Å². The van der Waals surface area contributed by atoms with Gasteiger partial charge >= 0.3 is 0 Å². The topological polar surface area (TPSA) is 79.8 Å². The number of nitrogens with zero attached hydrogens (tertiary/aromatic N) is 1. The van der Waals surface area contributed by atoms with Crippen LogP contribution < -0.4 is 15.5 Å². The van der Waals surface area contributed by atoms with E-state index in [0.29, 0.717) is 11.3 Å². The van der Waals surface area contributed by atoms with Gasteiger partial charge in [0.15, 0.2) is 0 Å². The molecule has 0 aromatic heterocycles. The second-order valence-corrected chi connectivity index (χ2v) is 6.75. The van der Waals surface area contributed by atoms with Gasteiger partial charge in [0.2, 0.25) is 11.8 Å². The van der Waals surface area contributed by atoms with Gasteiger partial charge in [-0.1, -0.05) is 40.0 Å². The first kappa shape index (κ1) is 21.2. The first-order valence-corrected chi connectivity index (χ1v) is 9.32. The lowest BCUT2D eigenvalue weighted by molar-refractivity contribution is -0.124. The number of hydrogen-bond donors (Lipinski definition) is 2. The predicted octanol–water partition coefficient (Wildman–Crippen LogP) is 3.64. The molecule has 0 aliphatic heterocycles. The lowest BCUT2D eigenvalue weighted by Gasteiger charge is -2.08. The second-order valence-electron chi connectivity index (χ2n) is 5.83. The summed E-state index contributed by atoms with van der Waals surface area (Å²) < 4.78 is 6.26. The summed E-state index contributed by atoms with van der Waals surface area (Å²) >= 11 is 3.37. The van der Waals surface area contributed by atoms with E-state index in [9.17, 15) is 9.59 Å². The molecule has 0 aliphatic rings. The molecule has 2 aromatic carbocycles. The minimum Gasteiger partial charge on any atom is -0.480 e. The van der Waals surface area contributed by atoms with Gasteiger partial charge < -0.3 is 10.1 Å². The number of rotatable bonds is 8. The Kier molecular flexibility index (Phi) is 8.25. The molecule has 2 N–H and O–H groups in total. The Morgan fingerprint density at radius 2 is 1.96 bits per heavy atom. The van der Waals surface area contributed by atoms with Crippen LogP contribution in [0.25, 0.3) is 0 Å². The molecule has 0 saturated carbocycles. The number of anilines is 1. The average Bonchev–Trinajstić information content (AvgIpc) is 2.67. The fraction of sp³-hybridized carbons (Fsp3) is 0.190. The van der Waals surface area contributed by atoms with Crippen LogP contribution in [0.2, 0.25) is 0 Å². The molecule has 0 aliphatic carbocycles. The minimum atomic E-state index is -0.364. The standard InChI is InChI=1S/C21H20BrN3O3/c1-3-12-28-19-9-8-17(22)13-16(19)14-23-25-21(27)11-10-20(26)24-18-7-5-4-6-15(18)2/h1,4-9,13-14H,10-12H2,2H3,(H,24,26)(H,25,27). The number of carbonyl (C=O) groups is 2. The Balaban J connectivity index is 1.84. The fourth-order valence-electron chi connectivity index (χ4n) is 2.25. The lowest BCUT2D eigenvalue weighted by atomic mass is 10.2. The summed E-state index contributed by atoms with van der Waals surface area (Å²) in [5.41, 5.74) is 4.75. The van der Waals surface area contributed by atoms with Crippen LogP contribution >= 0.6 is 15.9 Å². The quantitative estimate of drug-likeness (QED) is 0.372. The van der Waals surface area contributed by atoms with Crippen molar-refractivity contribution < 1.29 is 14.3 Å². The first-order chi connectivity index (χ1) is 13.5. The van der Waals surface area contributed by atoms with Gasteiger partial charge in [0.1, 0.15) is 12.4 Å². The third-order valence-electron chi connectivity index (χ3n) is 3.67. The SMILES string of the molecule is C#CCOc1ccc(Br)cc1C=NNC(=O)CCC(=O)Nc1ccccc1C. The summed E-state index contributed by atoms with van der Waals surface area (Å²) in [6.45, 7) is 2.03. The van der Waals surface area contributed by atoms with E-state index in [1.807, 2.05) is 37.3 Å². The maximum atomic E-state index is 12.0. The van der Waals surface area contributed by atoms with Crippen molar-refractivity contribution in [1.82, 2.24) is 5.43 Å². The maximum absolute atomic E-state index is 12.0. The number of terminal acetylenes is 1. The van der Waals surface area contributed by atoms with Crippen LogP contribution in [-0.4, -0.2) is 24.6 Å². The Labute approximate surface area is 172 Å². The Bertz CT molecular complexity index is 919. The highest BCUT2D eigenvalue weighted by molar-refractivity contribution is 9.10. The van der Waals surface area contributed by atoms with Crippen LogP contribution in [0.5, 0.6) is 5.75 Å². The molecule has 0 atom stereocenters. The molecular weight excluding hydrogens is 422 g/mol. The second kappa shape index (κ2) is 10.9. The molecule has 6 nitrogen and oxygen atoms in total. The van der Waals surface area contributed by atoms with Gasteiger partial charge in [-0.3, -0.25) is 9.59 Å². The Morgan fingerprint density at radius 1 is 1.21 bits per heavy atom. The molecule has 2 rings (SSSR count). The number of amides is 2. The molecule has 0 unspecified atom stereocenters. The number of para-hydroxylation sites is 1. The van der Waals surface area contributed by atoms with E-state index in [-0.39, 0.29) is 31.3 Å². The van der Waals surface area contributed by atoms with Crippen molar-refractivity contribution in [3.8, 4) is 18.1 Å². The molecule has 0 spiro atoms. The molecule has 2 amide bonds. The zero-order valence-electron chi connectivity index (χ0n) is 15.4. The lowest BCUT2D eigenvalue weighted by Crippen LogP contribution is -2.21. The summed E-state index contributed by atoms with van der Waals surface area (Å²) in [5.74, 6) is 2.35. The highest BCUT2D eigenvalue weighted by Crippen LogP contribution is 2.21. The normalized spacial score (nSPS) is 10.3. The van der Waals surface area contributed by atoms with Crippen LogP contribution in [0.15, 0.2) is 52.0 Å². The summed E-state index contributed by atoms with van der Waals surface area (Å²) in [6.07, 6.45) is 6.74. The number of nitrogens with one attached hydrogen (secondary N) is 2. The Hall–Kier alpha value is -3.11. The van der Waals surface area contributed by atoms with E-state index in [4.69, 9.17) is 11.2 Å². The van der Waals surface area contributed by atoms with E-state index in [0.717, 1.165) is 15.7 Å². The summed E-state index contributed by atoms with van der Waals surface area (Å²) in [5, 5.41) is 6.70. The van der Waals surface area contributed by atoms with Crippen molar-refractivity contribution in [3.63, 3.8) is 0 Å². The highest BCUT2D eigenvalue weighted by atomic mass is 79.9. The molecule has 0 heterocycles. The number of carbonyl (C=O) groups excluding carboxylic acids is 2. The zero-order chi connectivity index (χ0) is 20.4. The minimum absolute atomic E-state index is 0.0218. The fourth-order valence-corrected chi connectivity index (χ4v) is 2.63. The van der Waals surface area contributed by atoms with Gasteiger partial charge in [0.05, 0.1) is 6.21 Å². The number of aryl methyl sites for hydroxylation is 1. The van der Waals surface area contributed by atoms with Crippen molar-refractivity contribution in [2.75, 3.05) is 11.9 Å². The van der Waals surface area contributed by atoms with E-state index in [1.165, 1.54) is 6.21 Å². The van der Waals surface area contributed by atoms with E-state index < -0.39 is 0 Å². The molecular formula is C21H20BrN3O3. The van der Waals surface area contributed by atoms with Gasteiger partial charge in [-0.2, -0.15) is 5.10 Å². The highest BCUT2D eigenvalue weighted by Gasteiger charge is 2.08. The van der Waals surface area contributed by atoms with E-state index >= 15 is 0 Å². The van der Waals surface area contributed by atoms with E-state index in [1.54, 1.807) is 12.1 Å². The van der Waals surface area contributed by atoms with Crippen LogP contribution in [0, 0.1) is 19.3 Å². The van der Waals surface area contributed by atoms with Crippen molar-refractivity contribution >= 4 is 39.6 Å². The monoisotopic (exact) mass is 441 g/mol. The zero-order valence-corrected chi connectivity index (χ0v) is 17.0. The first-order valence-electron chi connectivity index (χ1n) is 8.53. The van der Waals surface area contributed by atoms with Crippen LogP contribution in [-0.2, 0) is 9.59 Å². The van der Waals surface area contributed by atoms with E-state index in [2.05, 4.69) is 37.7 Å². The third kappa shape index (κ3) is 6.89. The largest absolute Gasteiger partial charge is 0.480 e.